The van der Waals surface area contributed by atoms with Crippen LogP contribution in [0, 0.1) is 11.3 Å². The second kappa shape index (κ2) is 5.38. The van der Waals surface area contributed by atoms with Crippen LogP contribution in [0.3, 0.4) is 0 Å². The zero-order chi connectivity index (χ0) is 13.8. The Kier molecular flexibility index (Phi) is 3.64. The molecule has 19 heavy (non-hydrogen) atoms. The number of rotatable bonds is 3. The molecule has 0 aliphatic rings. The predicted octanol–water partition coefficient (Wildman–Crippen LogP) is 3.10. The van der Waals surface area contributed by atoms with Gasteiger partial charge in [-0.25, -0.2) is 9.78 Å². The van der Waals surface area contributed by atoms with E-state index in [0.717, 1.165) is 0 Å². The third-order valence-corrected chi connectivity index (χ3v) is 2.55. The lowest BCUT2D eigenvalue weighted by molar-refractivity contribution is 0.0697. The summed E-state index contributed by atoms with van der Waals surface area (Å²) in [7, 11) is 0. The maximum absolute atomic E-state index is 10.8. The zero-order valence-electron chi connectivity index (χ0n) is 9.50. The van der Waals surface area contributed by atoms with E-state index in [1.165, 1.54) is 30.5 Å². The van der Waals surface area contributed by atoms with Crippen LogP contribution in [0.5, 0.6) is 11.6 Å². The molecule has 0 saturated carbocycles. The number of carbonyl (C=O) groups is 1. The average molecular weight is 275 g/mol. The summed E-state index contributed by atoms with van der Waals surface area (Å²) in [6.07, 6.45) is 1.44. The summed E-state index contributed by atoms with van der Waals surface area (Å²) in [6.45, 7) is 0. The van der Waals surface area contributed by atoms with Crippen molar-refractivity contribution in [2.75, 3.05) is 0 Å². The van der Waals surface area contributed by atoms with Crippen LogP contribution in [0.25, 0.3) is 0 Å². The first-order valence-corrected chi connectivity index (χ1v) is 5.55. The quantitative estimate of drug-likeness (QED) is 0.930. The van der Waals surface area contributed by atoms with E-state index >= 15 is 0 Å². The number of hydrogen-bond donors (Lipinski definition) is 1. The smallest absolute Gasteiger partial charge is 0.335 e. The highest BCUT2D eigenvalue weighted by Gasteiger charge is 2.09. The highest BCUT2D eigenvalue weighted by molar-refractivity contribution is 6.32. The van der Waals surface area contributed by atoms with Gasteiger partial charge in [0.15, 0.2) is 0 Å². The highest BCUT2D eigenvalue weighted by Crippen LogP contribution is 2.29. The minimum absolute atomic E-state index is 0.0658. The minimum atomic E-state index is -1.07. The van der Waals surface area contributed by atoms with Crippen LogP contribution in [-0.2, 0) is 0 Å². The lowest BCUT2D eigenvalue weighted by Crippen LogP contribution is -1.96. The molecule has 0 fully saturated rings. The Morgan fingerprint density at radius 2 is 2.16 bits per heavy atom. The molecule has 2 aromatic rings. The number of hydrogen-bond acceptors (Lipinski definition) is 4. The predicted molar refractivity (Wildman–Crippen MR) is 67.4 cm³/mol. The lowest BCUT2D eigenvalue weighted by atomic mass is 10.2. The number of nitriles is 1. The van der Waals surface area contributed by atoms with Gasteiger partial charge in [0.25, 0.3) is 0 Å². The molecule has 0 atom stereocenters. The Balaban J connectivity index is 2.28. The van der Waals surface area contributed by atoms with E-state index in [0.29, 0.717) is 5.56 Å². The van der Waals surface area contributed by atoms with Gasteiger partial charge in [-0.2, -0.15) is 5.26 Å². The van der Waals surface area contributed by atoms with E-state index in [-0.39, 0.29) is 22.2 Å². The molecule has 0 unspecified atom stereocenters. The maximum atomic E-state index is 10.8. The van der Waals surface area contributed by atoms with E-state index in [1.807, 2.05) is 6.07 Å². The summed E-state index contributed by atoms with van der Waals surface area (Å²) >= 11 is 5.92. The van der Waals surface area contributed by atoms with Gasteiger partial charge < -0.3 is 9.84 Å². The van der Waals surface area contributed by atoms with E-state index in [2.05, 4.69) is 4.98 Å². The van der Waals surface area contributed by atoms with Crippen LogP contribution in [-0.4, -0.2) is 16.1 Å². The molecule has 0 bridgehead atoms. The fourth-order valence-electron chi connectivity index (χ4n) is 1.36. The molecule has 1 N–H and O–H groups in total. The molecule has 6 heteroatoms. The summed E-state index contributed by atoms with van der Waals surface area (Å²) in [5.74, 6) is -0.587. The Hall–Kier alpha value is -2.58. The van der Waals surface area contributed by atoms with Gasteiger partial charge in [0.1, 0.15) is 5.75 Å². The maximum Gasteiger partial charge on any atom is 0.335 e. The largest absolute Gasteiger partial charge is 0.478 e. The Bertz CT molecular complexity index is 680. The first-order chi connectivity index (χ1) is 9.10. The van der Waals surface area contributed by atoms with E-state index < -0.39 is 5.97 Å². The normalized spacial score (nSPS) is 9.68. The molecule has 1 heterocycles. The van der Waals surface area contributed by atoms with Crippen molar-refractivity contribution in [2.24, 2.45) is 0 Å². The topological polar surface area (TPSA) is 83.2 Å². The Morgan fingerprint density at radius 1 is 1.37 bits per heavy atom. The number of aromatic nitrogens is 1. The van der Waals surface area contributed by atoms with Crippen molar-refractivity contribution in [3.63, 3.8) is 0 Å². The van der Waals surface area contributed by atoms with Crippen molar-refractivity contribution >= 4 is 17.6 Å². The van der Waals surface area contributed by atoms with Crippen molar-refractivity contribution in [2.45, 2.75) is 0 Å². The standard InChI is InChI=1S/C13H7ClN2O3/c14-10-6-9(13(17)18)1-2-11(10)19-12-5-8(7-15)3-4-16-12/h1-6H,(H,17,18). The van der Waals surface area contributed by atoms with Gasteiger partial charge in [-0.05, 0) is 24.3 Å². The number of carboxylic acids is 1. The molecular weight excluding hydrogens is 268 g/mol. The molecule has 0 saturated heterocycles. The van der Waals surface area contributed by atoms with Gasteiger partial charge in [0.05, 0.1) is 22.2 Å². The van der Waals surface area contributed by atoms with Crippen molar-refractivity contribution < 1.29 is 14.6 Å². The molecule has 0 aliphatic heterocycles. The fraction of sp³-hybridized carbons (Fsp3) is 0. The number of pyridine rings is 1. The van der Waals surface area contributed by atoms with Gasteiger partial charge >= 0.3 is 5.97 Å². The van der Waals surface area contributed by atoms with Crippen LogP contribution in [0.15, 0.2) is 36.5 Å². The van der Waals surface area contributed by atoms with Crippen molar-refractivity contribution in [3.8, 4) is 17.7 Å². The van der Waals surface area contributed by atoms with Crippen LogP contribution >= 0.6 is 11.6 Å². The third kappa shape index (κ3) is 3.00. The number of carboxylic acid groups (broad SMARTS) is 1. The Labute approximate surface area is 113 Å². The van der Waals surface area contributed by atoms with E-state index in [4.69, 9.17) is 26.7 Å². The molecule has 5 nitrogen and oxygen atoms in total. The minimum Gasteiger partial charge on any atom is -0.478 e. The molecule has 0 radical (unpaired) electrons. The summed E-state index contributed by atoms with van der Waals surface area (Å²) in [5, 5.41) is 17.7. The van der Waals surface area contributed by atoms with Gasteiger partial charge in [0, 0.05) is 12.3 Å². The van der Waals surface area contributed by atoms with Crippen LogP contribution in [0.2, 0.25) is 5.02 Å². The lowest BCUT2D eigenvalue weighted by Gasteiger charge is -2.07. The molecule has 2 rings (SSSR count). The first-order valence-electron chi connectivity index (χ1n) is 5.17. The number of benzene rings is 1. The summed E-state index contributed by atoms with van der Waals surface area (Å²) in [6, 6.07) is 9.06. The molecular formula is C13H7ClN2O3. The summed E-state index contributed by atoms with van der Waals surface area (Å²) < 4.78 is 5.40. The fourth-order valence-corrected chi connectivity index (χ4v) is 1.58. The summed E-state index contributed by atoms with van der Waals surface area (Å²) in [5.41, 5.74) is 0.472. The van der Waals surface area contributed by atoms with Crippen molar-refractivity contribution in [1.29, 1.82) is 5.26 Å². The second-order valence-corrected chi connectivity index (χ2v) is 3.95. The molecule has 1 aromatic carbocycles. The SMILES string of the molecule is N#Cc1ccnc(Oc2ccc(C(=O)O)cc2Cl)c1. The molecule has 1 aromatic heterocycles. The second-order valence-electron chi connectivity index (χ2n) is 3.55. The zero-order valence-corrected chi connectivity index (χ0v) is 10.3. The first kappa shape index (κ1) is 12.9. The summed E-state index contributed by atoms with van der Waals surface area (Å²) in [4.78, 5) is 14.7. The van der Waals surface area contributed by atoms with Crippen molar-refractivity contribution in [3.05, 3.63) is 52.7 Å². The molecule has 0 aliphatic carbocycles. The average Bonchev–Trinajstić information content (AvgIpc) is 2.41. The van der Waals surface area contributed by atoms with E-state index in [1.54, 1.807) is 6.07 Å². The molecule has 0 amide bonds. The number of ether oxygens (including phenoxy) is 1. The third-order valence-electron chi connectivity index (χ3n) is 2.26. The van der Waals surface area contributed by atoms with Crippen LogP contribution < -0.4 is 4.74 Å². The van der Waals surface area contributed by atoms with E-state index in [9.17, 15) is 4.79 Å². The number of nitrogens with zero attached hydrogens (tertiary/aromatic N) is 2. The Morgan fingerprint density at radius 3 is 2.79 bits per heavy atom. The molecule has 94 valence electrons. The van der Waals surface area contributed by atoms with Gasteiger partial charge in [0.2, 0.25) is 5.88 Å². The monoisotopic (exact) mass is 274 g/mol. The van der Waals surface area contributed by atoms with Crippen LogP contribution in [0.4, 0.5) is 0 Å². The van der Waals surface area contributed by atoms with Crippen molar-refractivity contribution in [1.82, 2.24) is 4.98 Å². The van der Waals surface area contributed by atoms with Gasteiger partial charge in [-0.15, -0.1) is 0 Å². The van der Waals surface area contributed by atoms with Gasteiger partial charge in [-0.3, -0.25) is 0 Å². The molecule has 0 spiro atoms. The number of aromatic carboxylic acids is 1. The number of halogens is 1. The van der Waals surface area contributed by atoms with Crippen LogP contribution in [0.1, 0.15) is 15.9 Å². The highest BCUT2D eigenvalue weighted by atomic mass is 35.5. The van der Waals surface area contributed by atoms with Gasteiger partial charge in [-0.1, -0.05) is 11.6 Å².